The Balaban J connectivity index is 1.46. The van der Waals surface area contributed by atoms with Crippen LogP contribution in [0, 0.1) is 11.8 Å². The maximum atomic E-state index is 13.3. The average molecular weight is 425 g/mol. The lowest BCUT2D eigenvalue weighted by Gasteiger charge is -2.36. The molecule has 1 aliphatic carbocycles. The van der Waals surface area contributed by atoms with Gasteiger partial charge in [-0.1, -0.05) is 44.4 Å². The smallest absolute Gasteiger partial charge is 0.342 e. The lowest BCUT2D eigenvalue weighted by atomic mass is 9.79. The van der Waals surface area contributed by atoms with E-state index in [2.05, 4.69) is 16.9 Å². The summed E-state index contributed by atoms with van der Waals surface area (Å²) in [5.41, 5.74) is 0.708. The van der Waals surface area contributed by atoms with Gasteiger partial charge in [0.15, 0.2) is 0 Å². The van der Waals surface area contributed by atoms with Gasteiger partial charge < -0.3 is 4.90 Å². The summed E-state index contributed by atoms with van der Waals surface area (Å²) in [5, 5.41) is 4.58. The van der Waals surface area contributed by atoms with E-state index in [-0.39, 0.29) is 17.5 Å². The Labute approximate surface area is 185 Å². The Bertz CT molecular complexity index is 925. The topological polar surface area (TPSA) is 60.1 Å². The van der Waals surface area contributed by atoms with Crippen LogP contribution in [-0.4, -0.2) is 38.2 Å². The largest absolute Gasteiger partial charge is 0.350 e. The van der Waals surface area contributed by atoms with Crippen molar-refractivity contribution in [3.8, 4) is 5.69 Å². The molecule has 1 aromatic carbocycles. The molecule has 1 atom stereocenters. The first-order chi connectivity index (χ1) is 15.1. The third kappa shape index (κ3) is 4.78. The van der Waals surface area contributed by atoms with Crippen molar-refractivity contribution in [3.63, 3.8) is 0 Å². The van der Waals surface area contributed by atoms with Gasteiger partial charge in [-0.25, -0.2) is 14.0 Å². The van der Waals surface area contributed by atoms with E-state index in [0.717, 1.165) is 49.7 Å². The molecule has 2 aliphatic rings. The van der Waals surface area contributed by atoms with E-state index in [0.29, 0.717) is 12.5 Å². The fourth-order valence-corrected chi connectivity index (χ4v) is 5.41. The highest BCUT2D eigenvalue weighted by Crippen LogP contribution is 2.34. The lowest BCUT2D eigenvalue weighted by Crippen LogP contribution is -2.43. The minimum Gasteiger partial charge on any atom is -0.342 e. The van der Waals surface area contributed by atoms with E-state index in [1.165, 1.54) is 36.8 Å². The summed E-state index contributed by atoms with van der Waals surface area (Å²) in [4.78, 5) is 28.1. The number of benzene rings is 1. The van der Waals surface area contributed by atoms with Crippen molar-refractivity contribution in [2.75, 3.05) is 13.1 Å². The molecule has 1 saturated carbocycles. The van der Waals surface area contributed by atoms with Crippen LogP contribution in [0.4, 0.5) is 0 Å². The molecule has 1 amide bonds. The van der Waals surface area contributed by atoms with Gasteiger partial charge in [0, 0.05) is 32.0 Å². The minimum atomic E-state index is -0.130. The molecule has 0 spiro atoms. The van der Waals surface area contributed by atoms with Crippen molar-refractivity contribution in [1.82, 2.24) is 19.2 Å². The molecular weight excluding hydrogens is 388 g/mol. The summed E-state index contributed by atoms with van der Waals surface area (Å²) in [6, 6.07) is 9.70. The molecule has 0 N–H and O–H groups in total. The highest BCUT2D eigenvalue weighted by Gasteiger charge is 2.34. The van der Waals surface area contributed by atoms with Gasteiger partial charge in [0.2, 0.25) is 5.91 Å². The second-order valence-corrected chi connectivity index (χ2v) is 9.42. The van der Waals surface area contributed by atoms with Gasteiger partial charge in [-0.15, -0.1) is 0 Å². The van der Waals surface area contributed by atoms with Crippen LogP contribution in [0.3, 0.4) is 0 Å². The van der Waals surface area contributed by atoms with Crippen LogP contribution in [0.1, 0.15) is 76.5 Å². The van der Waals surface area contributed by atoms with Crippen molar-refractivity contribution < 1.29 is 4.79 Å². The first-order valence-electron chi connectivity index (χ1n) is 12.1. The Morgan fingerprint density at radius 2 is 1.84 bits per heavy atom. The van der Waals surface area contributed by atoms with Crippen LogP contribution < -0.4 is 5.69 Å². The van der Waals surface area contributed by atoms with Crippen molar-refractivity contribution >= 4 is 5.91 Å². The number of amides is 1. The normalized spacial score (nSPS) is 24.3. The van der Waals surface area contributed by atoms with Gasteiger partial charge in [0.25, 0.3) is 0 Å². The van der Waals surface area contributed by atoms with E-state index >= 15 is 0 Å². The number of carbonyl (C=O) groups is 1. The lowest BCUT2D eigenvalue weighted by molar-refractivity contribution is -0.138. The number of hydrogen-bond acceptors (Lipinski definition) is 3. The van der Waals surface area contributed by atoms with E-state index < -0.39 is 0 Å². The minimum absolute atomic E-state index is 0.0905. The molecule has 1 saturated heterocycles. The fraction of sp³-hybridized carbons (Fsp3) is 0.640. The zero-order valence-corrected chi connectivity index (χ0v) is 19.0. The number of carbonyl (C=O) groups excluding carboxylic acids is 1. The number of unbranched alkanes of at least 4 members (excludes halogenated alkanes) is 1. The van der Waals surface area contributed by atoms with Gasteiger partial charge in [0.05, 0.1) is 5.69 Å². The zero-order chi connectivity index (χ0) is 21.8. The average Bonchev–Trinajstić information content (AvgIpc) is 3.12. The van der Waals surface area contributed by atoms with Gasteiger partial charge in [-0.2, -0.15) is 5.10 Å². The third-order valence-electron chi connectivity index (χ3n) is 7.22. The maximum Gasteiger partial charge on any atom is 0.350 e. The van der Waals surface area contributed by atoms with Crippen LogP contribution in [0.15, 0.2) is 35.1 Å². The Morgan fingerprint density at radius 1 is 1.10 bits per heavy atom. The van der Waals surface area contributed by atoms with Crippen LogP contribution in [-0.2, 0) is 11.8 Å². The van der Waals surface area contributed by atoms with Gasteiger partial charge in [-0.05, 0) is 56.6 Å². The predicted molar refractivity (Wildman–Crippen MR) is 122 cm³/mol. The predicted octanol–water partition coefficient (Wildman–Crippen LogP) is 4.27. The van der Waals surface area contributed by atoms with Gasteiger partial charge in [0.1, 0.15) is 5.82 Å². The molecule has 0 bridgehead atoms. The number of likely N-dealkylation sites (tertiary alicyclic amines) is 1. The summed E-state index contributed by atoms with van der Waals surface area (Å²) >= 11 is 0. The summed E-state index contributed by atoms with van der Waals surface area (Å²) in [6.07, 6.45) is 10.3. The molecule has 4 rings (SSSR count). The molecule has 6 heteroatoms. The standard InChI is InChI=1S/C25H36N4O2/c1-3-4-9-19-13-15-20(16-14-19)24(30)28-17-8-10-21(18-28)23-26-27(2)25(31)29(23)22-11-6-5-7-12-22/h5-7,11-12,19-21H,3-4,8-10,13-18H2,1-2H3. The Morgan fingerprint density at radius 3 is 2.55 bits per heavy atom. The molecule has 1 aliphatic heterocycles. The van der Waals surface area contributed by atoms with Crippen LogP contribution in [0.5, 0.6) is 0 Å². The fourth-order valence-electron chi connectivity index (χ4n) is 5.41. The molecule has 2 aromatic rings. The van der Waals surface area contributed by atoms with Crippen molar-refractivity contribution in [2.24, 2.45) is 18.9 Å². The van der Waals surface area contributed by atoms with E-state index in [4.69, 9.17) is 0 Å². The first kappa shape index (κ1) is 21.8. The highest BCUT2D eigenvalue weighted by atomic mass is 16.2. The third-order valence-corrected chi connectivity index (χ3v) is 7.22. The number of aromatic nitrogens is 3. The van der Waals surface area contributed by atoms with Crippen LogP contribution in [0.2, 0.25) is 0 Å². The van der Waals surface area contributed by atoms with Crippen LogP contribution >= 0.6 is 0 Å². The van der Waals surface area contributed by atoms with Crippen LogP contribution in [0.25, 0.3) is 5.69 Å². The number of para-hydroxylation sites is 1. The van der Waals surface area contributed by atoms with Crippen molar-refractivity contribution in [2.45, 2.75) is 70.6 Å². The number of rotatable bonds is 6. The SMILES string of the molecule is CCCCC1CCC(C(=O)N2CCCC(c3nn(C)c(=O)n3-c3ccccc3)C2)CC1. The second kappa shape index (κ2) is 9.84. The highest BCUT2D eigenvalue weighted by molar-refractivity contribution is 5.79. The molecular formula is C25H36N4O2. The number of hydrogen-bond donors (Lipinski definition) is 0. The quantitative estimate of drug-likeness (QED) is 0.696. The van der Waals surface area contributed by atoms with Gasteiger partial charge >= 0.3 is 5.69 Å². The summed E-state index contributed by atoms with van der Waals surface area (Å²) in [5.74, 6) is 2.18. The molecule has 1 unspecified atom stereocenters. The molecule has 0 radical (unpaired) electrons. The monoisotopic (exact) mass is 424 g/mol. The molecule has 6 nitrogen and oxygen atoms in total. The molecule has 2 fully saturated rings. The van der Waals surface area contributed by atoms with Crippen molar-refractivity contribution in [1.29, 1.82) is 0 Å². The Kier molecular flexibility index (Phi) is 6.93. The molecule has 2 heterocycles. The first-order valence-corrected chi connectivity index (χ1v) is 12.1. The number of aryl methyl sites for hydroxylation is 1. The second-order valence-electron chi connectivity index (χ2n) is 9.42. The van der Waals surface area contributed by atoms with Gasteiger partial charge in [-0.3, -0.25) is 4.79 Å². The summed E-state index contributed by atoms with van der Waals surface area (Å²) in [7, 11) is 1.70. The van der Waals surface area contributed by atoms with E-state index in [1.807, 2.05) is 30.3 Å². The number of piperidine rings is 1. The molecule has 168 valence electrons. The maximum absolute atomic E-state index is 13.3. The zero-order valence-electron chi connectivity index (χ0n) is 19.0. The molecule has 1 aromatic heterocycles. The summed E-state index contributed by atoms with van der Waals surface area (Å²) < 4.78 is 3.14. The van der Waals surface area contributed by atoms with E-state index in [9.17, 15) is 9.59 Å². The number of nitrogens with zero attached hydrogens (tertiary/aromatic N) is 4. The summed E-state index contributed by atoms with van der Waals surface area (Å²) in [6.45, 7) is 3.74. The van der Waals surface area contributed by atoms with E-state index in [1.54, 1.807) is 11.6 Å². The Hall–Kier alpha value is -2.37. The van der Waals surface area contributed by atoms with Crippen molar-refractivity contribution in [3.05, 3.63) is 46.6 Å². The molecule has 31 heavy (non-hydrogen) atoms.